The number of hydrazone groups is 1. The minimum atomic E-state index is -0.299. The van der Waals surface area contributed by atoms with Crippen LogP contribution in [0.25, 0.3) is 0 Å². The first-order valence-corrected chi connectivity index (χ1v) is 6.89. The van der Waals surface area contributed by atoms with E-state index < -0.39 is 0 Å². The van der Waals surface area contributed by atoms with Gasteiger partial charge in [0.2, 0.25) is 5.91 Å². The monoisotopic (exact) mass is 318 g/mol. The number of ether oxygens (including phenoxy) is 1. The van der Waals surface area contributed by atoms with Crippen molar-refractivity contribution in [2.45, 2.75) is 6.42 Å². The highest BCUT2D eigenvalue weighted by Gasteiger charge is 2.07. The third kappa shape index (κ3) is 4.49. The Balaban J connectivity index is 1.96. The van der Waals surface area contributed by atoms with Gasteiger partial charge in [-0.15, -0.1) is 0 Å². The summed E-state index contributed by atoms with van der Waals surface area (Å²) in [4.78, 5) is 11.8. The maximum atomic E-state index is 11.8. The number of halogens is 1. The zero-order valence-corrected chi connectivity index (χ0v) is 12.7. The van der Waals surface area contributed by atoms with Crippen molar-refractivity contribution in [1.29, 1.82) is 0 Å². The minimum Gasteiger partial charge on any atom is -0.508 e. The molecule has 0 radical (unpaired) electrons. The number of phenols is 1. The average molecular weight is 319 g/mol. The normalized spacial score (nSPS) is 10.6. The van der Waals surface area contributed by atoms with Crippen LogP contribution in [0.3, 0.4) is 0 Å². The van der Waals surface area contributed by atoms with Gasteiger partial charge in [0.25, 0.3) is 0 Å². The Morgan fingerprint density at radius 2 is 2.18 bits per heavy atom. The number of aromatic hydroxyl groups is 1. The van der Waals surface area contributed by atoms with Gasteiger partial charge in [-0.1, -0.05) is 23.7 Å². The minimum absolute atomic E-state index is 0.0907. The van der Waals surface area contributed by atoms with Crippen molar-refractivity contribution in [2.24, 2.45) is 5.10 Å². The first-order valence-electron chi connectivity index (χ1n) is 6.52. The van der Waals surface area contributed by atoms with Crippen LogP contribution in [0.2, 0.25) is 5.02 Å². The third-order valence-electron chi connectivity index (χ3n) is 2.88. The van der Waals surface area contributed by atoms with Crippen LogP contribution in [-0.4, -0.2) is 24.3 Å². The van der Waals surface area contributed by atoms with E-state index >= 15 is 0 Å². The Hall–Kier alpha value is -2.53. The number of amides is 1. The van der Waals surface area contributed by atoms with Crippen LogP contribution in [0.5, 0.6) is 11.5 Å². The van der Waals surface area contributed by atoms with Crippen molar-refractivity contribution in [3.8, 4) is 11.5 Å². The highest BCUT2D eigenvalue weighted by atomic mass is 35.5. The van der Waals surface area contributed by atoms with Gasteiger partial charge in [-0.2, -0.15) is 5.10 Å². The van der Waals surface area contributed by atoms with Crippen molar-refractivity contribution in [3.05, 3.63) is 58.6 Å². The molecular weight excluding hydrogens is 304 g/mol. The number of carbonyl (C=O) groups is 1. The lowest BCUT2D eigenvalue weighted by molar-refractivity contribution is -0.120. The molecule has 0 unspecified atom stereocenters. The topological polar surface area (TPSA) is 70.9 Å². The van der Waals surface area contributed by atoms with Crippen LogP contribution >= 0.6 is 11.6 Å². The maximum Gasteiger partial charge on any atom is 0.244 e. The molecule has 0 aromatic heterocycles. The van der Waals surface area contributed by atoms with Gasteiger partial charge in [-0.3, -0.25) is 4.79 Å². The van der Waals surface area contributed by atoms with Crippen LogP contribution in [0.15, 0.2) is 47.6 Å². The zero-order chi connectivity index (χ0) is 15.9. The second-order valence-electron chi connectivity index (χ2n) is 4.52. The van der Waals surface area contributed by atoms with Crippen molar-refractivity contribution < 1.29 is 14.6 Å². The molecular formula is C16H15ClN2O3. The fraction of sp³-hybridized carbons (Fsp3) is 0.125. The molecule has 0 saturated carbocycles. The van der Waals surface area contributed by atoms with Gasteiger partial charge in [0.05, 0.1) is 19.7 Å². The van der Waals surface area contributed by atoms with Gasteiger partial charge in [-0.25, -0.2) is 5.43 Å². The number of methoxy groups -OCH3 is 1. The number of rotatable bonds is 5. The lowest BCUT2D eigenvalue weighted by Crippen LogP contribution is -2.20. The molecule has 0 aliphatic heterocycles. The van der Waals surface area contributed by atoms with Crippen LogP contribution in [0, 0.1) is 0 Å². The van der Waals surface area contributed by atoms with E-state index in [2.05, 4.69) is 10.5 Å². The molecule has 0 fully saturated rings. The second-order valence-corrected chi connectivity index (χ2v) is 4.93. The fourth-order valence-electron chi connectivity index (χ4n) is 1.81. The van der Waals surface area contributed by atoms with Gasteiger partial charge in [-0.05, 0) is 41.5 Å². The van der Waals surface area contributed by atoms with E-state index in [1.807, 2.05) is 0 Å². The molecule has 0 aliphatic rings. The van der Waals surface area contributed by atoms with E-state index in [0.717, 1.165) is 0 Å². The predicted molar refractivity (Wildman–Crippen MR) is 85.6 cm³/mol. The average Bonchev–Trinajstić information content (AvgIpc) is 2.49. The van der Waals surface area contributed by atoms with Crippen LogP contribution < -0.4 is 10.2 Å². The number of carbonyl (C=O) groups excluding carboxylic acids is 1. The Morgan fingerprint density at radius 1 is 1.36 bits per heavy atom. The number of hydrogen-bond donors (Lipinski definition) is 2. The summed E-state index contributed by atoms with van der Waals surface area (Å²) in [5, 5.41) is 13.7. The second kappa shape index (κ2) is 7.47. The number of phenolic OH excluding ortho intramolecular Hbond substituents is 1. The summed E-state index contributed by atoms with van der Waals surface area (Å²) in [6.45, 7) is 0. The summed E-state index contributed by atoms with van der Waals surface area (Å²) in [7, 11) is 1.55. The molecule has 0 heterocycles. The molecule has 0 spiro atoms. The molecule has 2 aromatic carbocycles. The standard InChI is InChI=1S/C16H15ClN2O3/c1-22-14-5-6-15(17)12(8-14)9-16(21)19-18-10-11-3-2-4-13(20)7-11/h2-8,10,20H,9H2,1H3,(H,19,21)/b18-10+. The molecule has 0 aliphatic carbocycles. The van der Waals surface area contributed by atoms with Gasteiger partial charge in [0.15, 0.2) is 0 Å². The number of nitrogens with one attached hydrogen (secondary N) is 1. The van der Waals surface area contributed by atoms with Gasteiger partial charge in [0, 0.05) is 5.02 Å². The highest BCUT2D eigenvalue weighted by molar-refractivity contribution is 6.31. The van der Waals surface area contributed by atoms with Crippen LogP contribution in [-0.2, 0) is 11.2 Å². The Bertz CT molecular complexity index is 702. The molecule has 114 valence electrons. The summed E-state index contributed by atoms with van der Waals surface area (Å²) in [6, 6.07) is 11.7. The predicted octanol–water partition coefficient (Wildman–Crippen LogP) is 2.75. The van der Waals surface area contributed by atoms with Crippen molar-refractivity contribution in [3.63, 3.8) is 0 Å². The third-order valence-corrected chi connectivity index (χ3v) is 3.25. The van der Waals surface area contributed by atoms with E-state index in [4.69, 9.17) is 16.3 Å². The summed E-state index contributed by atoms with van der Waals surface area (Å²) >= 11 is 6.04. The molecule has 2 rings (SSSR count). The van der Waals surface area contributed by atoms with Crippen molar-refractivity contribution >= 4 is 23.7 Å². The smallest absolute Gasteiger partial charge is 0.244 e. The lowest BCUT2D eigenvalue weighted by Gasteiger charge is -2.06. The number of hydrogen-bond acceptors (Lipinski definition) is 4. The highest BCUT2D eigenvalue weighted by Crippen LogP contribution is 2.22. The van der Waals surface area contributed by atoms with Gasteiger partial charge in [0.1, 0.15) is 11.5 Å². The zero-order valence-electron chi connectivity index (χ0n) is 11.9. The Morgan fingerprint density at radius 3 is 2.91 bits per heavy atom. The van der Waals surface area contributed by atoms with Gasteiger partial charge < -0.3 is 9.84 Å². The molecule has 2 aromatic rings. The molecule has 0 atom stereocenters. The molecule has 22 heavy (non-hydrogen) atoms. The van der Waals surface area contributed by atoms with Crippen molar-refractivity contribution in [2.75, 3.05) is 7.11 Å². The van der Waals surface area contributed by atoms with Gasteiger partial charge >= 0.3 is 0 Å². The summed E-state index contributed by atoms with van der Waals surface area (Å²) in [5.74, 6) is 0.473. The number of benzene rings is 2. The first-order chi connectivity index (χ1) is 10.6. The van der Waals surface area contributed by atoms with E-state index in [1.165, 1.54) is 12.3 Å². The van der Waals surface area contributed by atoms with Crippen molar-refractivity contribution in [1.82, 2.24) is 5.43 Å². The van der Waals surface area contributed by atoms with E-state index in [9.17, 15) is 9.90 Å². The Kier molecular flexibility index (Phi) is 5.38. The molecule has 1 amide bonds. The fourth-order valence-corrected chi connectivity index (χ4v) is 1.99. The summed E-state index contributed by atoms with van der Waals surface area (Å²) in [5.41, 5.74) is 3.75. The largest absolute Gasteiger partial charge is 0.508 e. The van der Waals surface area contributed by atoms with E-state index in [1.54, 1.807) is 43.5 Å². The SMILES string of the molecule is COc1ccc(Cl)c(CC(=O)N/N=C/c2cccc(O)c2)c1. The van der Waals surface area contributed by atoms with Crippen LogP contribution in [0.4, 0.5) is 0 Å². The molecule has 0 bridgehead atoms. The molecule has 2 N–H and O–H groups in total. The van der Waals surface area contributed by atoms with E-state index in [0.29, 0.717) is 21.9 Å². The summed E-state index contributed by atoms with van der Waals surface area (Å²) in [6.07, 6.45) is 1.54. The van der Waals surface area contributed by atoms with Crippen LogP contribution in [0.1, 0.15) is 11.1 Å². The maximum absolute atomic E-state index is 11.8. The molecule has 0 saturated heterocycles. The van der Waals surface area contributed by atoms with E-state index in [-0.39, 0.29) is 18.1 Å². The Labute approximate surface area is 133 Å². The first kappa shape index (κ1) is 15.9. The molecule has 5 nitrogen and oxygen atoms in total. The molecule has 6 heteroatoms. The quantitative estimate of drug-likeness (QED) is 0.658. The summed E-state index contributed by atoms with van der Waals surface area (Å²) < 4.78 is 5.10. The lowest BCUT2D eigenvalue weighted by atomic mass is 10.1. The number of nitrogens with zero attached hydrogens (tertiary/aromatic N) is 1.